The Balaban J connectivity index is 1.61. The molecule has 7 heteroatoms. The van der Waals surface area contributed by atoms with Crippen LogP contribution >= 0.6 is 0 Å². The van der Waals surface area contributed by atoms with Gasteiger partial charge in [-0.05, 0) is 18.6 Å². The number of hydrogen-bond acceptors (Lipinski definition) is 5. The van der Waals surface area contributed by atoms with E-state index in [2.05, 4.69) is 5.32 Å². The maximum Gasteiger partial charge on any atom is 0.407 e. The van der Waals surface area contributed by atoms with Crippen LogP contribution in [0.4, 0.5) is 4.79 Å². The zero-order valence-electron chi connectivity index (χ0n) is 10.9. The van der Waals surface area contributed by atoms with E-state index in [1.165, 1.54) is 0 Å². The minimum atomic E-state index is -3.00. The number of alkyl carbamates (subject to hydrolysis) is 1. The van der Waals surface area contributed by atoms with Crippen molar-refractivity contribution in [3.8, 4) is 5.75 Å². The molecule has 1 aliphatic heterocycles. The lowest BCUT2D eigenvalue weighted by Gasteiger charge is -2.11. The van der Waals surface area contributed by atoms with Gasteiger partial charge in [0.15, 0.2) is 9.84 Å². The highest BCUT2D eigenvalue weighted by atomic mass is 32.2. The van der Waals surface area contributed by atoms with Crippen LogP contribution in [-0.4, -0.2) is 45.3 Å². The molecule has 0 aliphatic carbocycles. The Morgan fingerprint density at radius 1 is 1.25 bits per heavy atom. The minimum absolute atomic E-state index is 0.0113. The number of benzene rings is 1. The number of amides is 1. The highest BCUT2D eigenvalue weighted by molar-refractivity contribution is 7.91. The van der Waals surface area contributed by atoms with E-state index in [1.807, 2.05) is 30.3 Å². The number of para-hydroxylation sites is 1. The van der Waals surface area contributed by atoms with Crippen molar-refractivity contribution >= 4 is 15.9 Å². The molecule has 1 aromatic rings. The Hall–Kier alpha value is -1.76. The van der Waals surface area contributed by atoms with Gasteiger partial charge in [-0.25, -0.2) is 13.2 Å². The maximum atomic E-state index is 11.4. The summed E-state index contributed by atoms with van der Waals surface area (Å²) in [4.78, 5) is 11.4. The van der Waals surface area contributed by atoms with Crippen molar-refractivity contribution in [3.63, 3.8) is 0 Å². The van der Waals surface area contributed by atoms with Crippen molar-refractivity contribution < 1.29 is 22.7 Å². The van der Waals surface area contributed by atoms with Gasteiger partial charge in [0.25, 0.3) is 0 Å². The summed E-state index contributed by atoms with van der Waals surface area (Å²) < 4.78 is 32.7. The van der Waals surface area contributed by atoms with E-state index in [0.717, 1.165) is 0 Å². The lowest BCUT2D eigenvalue weighted by Crippen LogP contribution is -2.36. The second-order valence-corrected chi connectivity index (χ2v) is 6.77. The average Bonchev–Trinajstić information content (AvgIpc) is 2.75. The normalized spacial score (nSPS) is 20.3. The van der Waals surface area contributed by atoms with Crippen LogP contribution in [0.25, 0.3) is 0 Å². The number of carbonyl (C=O) groups is 1. The van der Waals surface area contributed by atoms with E-state index < -0.39 is 15.9 Å². The van der Waals surface area contributed by atoms with Crippen LogP contribution < -0.4 is 10.1 Å². The van der Waals surface area contributed by atoms with Crippen molar-refractivity contribution in [2.24, 2.45) is 0 Å². The predicted octanol–water partition coefficient (Wildman–Crippen LogP) is 0.979. The predicted molar refractivity (Wildman–Crippen MR) is 73.5 cm³/mol. The highest BCUT2D eigenvalue weighted by Gasteiger charge is 2.29. The fraction of sp³-hybridized carbons (Fsp3) is 0.462. The quantitative estimate of drug-likeness (QED) is 0.820. The standard InChI is InChI=1S/C13H17NO5S/c15-13(14-11-6-9-20(16,17)10-11)19-8-7-18-12-4-2-1-3-5-12/h1-5,11H,6-10H2,(H,14,15). The fourth-order valence-electron chi connectivity index (χ4n) is 1.93. The molecule has 1 saturated heterocycles. The van der Waals surface area contributed by atoms with Gasteiger partial charge in [-0.3, -0.25) is 0 Å². The summed E-state index contributed by atoms with van der Waals surface area (Å²) in [6.07, 6.45) is -0.165. The number of carbonyl (C=O) groups excluding carboxylic acids is 1. The third-order valence-corrected chi connectivity index (χ3v) is 4.65. The van der Waals surface area contributed by atoms with Crippen LogP contribution in [0.15, 0.2) is 30.3 Å². The Labute approximate surface area is 118 Å². The molecule has 1 N–H and O–H groups in total. The molecule has 1 fully saturated rings. The number of nitrogens with one attached hydrogen (secondary N) is 1. The molecule has 0 saturated carbocycles. The van der Waals surface area contributed by atoms with E-state index >= 15 is 0 Å². The molecule has 20 heavy (non-hydrogen) atoms. The first-order valence-electron chi connectivity index (χ1n) is 6.37. The molecule has 0 bridgehead atoms. The van der Waals surface area contributed by atoms with Crippen LogP contribution in [0.1, 0.15) is 6.42 Å². The third-order valence-electron chi connectivity index (χ3n) is 2.88. The zero-order chi connectivity index (χ0) is 14.4. The number of sulfone groups is 1. The molecule has 6 nitrogen and oxygen atoms in total. The Kier molecular flexibility index (Phi) is 4.84. The molecule has 1 heterocycles. The summed E-state index contributed by atoms with van der Waals surface area (Å²) in [5.74, 6) is 0.816. The van der Waals surface area contributed by atoms with Gasteiger partial charge in [0.1, 0.15) is 19.0 Å². The lowest BCUT2D eigenvalue weighted by atomic mass is 10.3. The lowest BCUT2D eigenvalue weighted by molar-refractivity contribution is 0.122. The summed E-state index contributed by atoms with van der Waals surface area (Å²) in [7, 11) is -3.00. The Morgan fingerprint density at radius 2 is 2.00 bits per heavy atom. The van der Waals surface area contributed by atoms with Gasteiger partial charge in [-0.15, -0.1) is 0 Å². The van der Waals surface area contributed by atoms with Gasteiger partial charge in [-0.1, -0.05) is 18.2 Å². The molecule has 0 radical (unpaired) electrons. The molecule has 110 valence electrons. The van der Waals surface area contributed by atoms with E-state index in [-0.39, 0.29) is 30.8 Å². The van der Waals surface area contributed by atoms with Gasteiger partial charge in [-0.2, -0.15) is 0 Å². The van der Waals surface area contributed by atoms with E-state index in [9.17, 15) is 13.2 Å². The second-order valence-electron chi connectivity index (χ2n) is 4.54. The van der Waals surface area contributed by atoms with Crippen LogP contribution in [0.5, 0.6) is 5.75 Å². The van der Waals surface area contributed by atoms with E-state index in [4.69, 9.17) is 9.47 Å². The van der Waals surface area contributed by atoms with Crippen LogP contribution in [0.3, 0.4) is 0 Å². The molecule has 0 spiro atoms. The maximum absolute atomic E-state index is 11.4. The first-order chi connectivity index (χ1) is 9.55. The number of hydrogen-bond donors (Lipinski definition) is 1. The summed E-state index contributed by atoms with van der Waals surface area (Å²) in [5, 5.41) is 2.54. The van der Waals surface area contributed by atoms with Crippen LogP contribution in [-0.2, 0) is 14.6 Å². The van der Waals surface area contributed by atoms with Gasteiger partial charge in [0.05, 0.1) is 11.5 Å². The fourth-order valence-corrected chi connectivity index (χ4v) is 3.60. The van der Waals surface area contributed by atoms with Crippen LogP contribution in [0.2, 0.25) is 0 Å². The molecule has 1 atom stereocenters. The van der Waals surface area contributed by atoms with Crippen molar-refractivity contribution in [2.75, 3.05) is 24.7 Å². The van der Waals surface area contributed by atoms with E-state index in [1.54, 1.807) is 0 Å². The summed E-state index contributed by atoms with van der Waals surface area (Å²) in [6, 6.07) is 8.86. The average molecular weight is 299 g/mol. The zero-order valence-corrected chi connectivity index (χ0v) is 11.8. The second kappa shape index (κ2) is 6.60. The summed E-state index contributed by atoms with van der Waals surface area (Å²) in [6.45, 7) is 0.362. The van der Waals surface area contributed by atoms with Crippen molar-refractivity contribution in [2.45, 2.75) is 12.5 Å². The van der Waals surface area contributed by atoms with Gasteiger partial charge < -0.3 is 14.8 Å². The van der Waals surface area contributed by atoms with Gasteiger partial charge >= 0.3 is 6.09 Å². The van der Waals surface area contributed by atoms with Crippen molar-refractivity contribution in [1.29, 1.82) is 0 Å². The molecule has 2 rings (SSSR count). The number of rotatable bonds is 5. The van der Waals surface area contributed by atoms with Crippen LogP contribution in [0, 0.1) is 0 Å². The van der Waals surface area contributed by atoms with E-state index in [0.29, 0.717) is 12.2 Å². The number of ether oxygens (including phenoxy) is 2. The topological polar surface area (TPSA) is 81.7 Å². The largest absolute Gasteiger partial charge is 0.490 e. The Morgan fingerprint density at radius 3 is 2.65 bits per heavy atom. The van der Waals surface area contributed by atoms with Crippen molar-refractivity contribution in [3.05, 3.63) is 30.3 Å². The van der Waals surface area contributed by atoms with Gasteiger partial charge in [0.2, 0.25) is 0 Å². The van der Waals surface area contributed by atoms with Crippen molar-refractivity contribution in [1.82, 2.24) is 5.32 Å². The Bertz CT molecular complexity index is 543. The molecular formula is C13H17NO5S. The molecule has 1 aromatic carbocycles. The molecule has 1 unspecified atom stereocenters. The molecule has 0 aromatic heterocycles. The molecule has 1 aliphatic rings. The highest BCUT2D eigenvalue weighted by Crippen LogP contribution is 2.11. The summed E-state index contributed by atoms with van der Waals surface area (Å²) >= 11 is 0. The molecular weight excluding hydrogens is 282 g/mol. The third kappa shape index (κ3) is 4.73. The monoisotopic (exact) mass is 299 g/mol. The van der Waals surface area contributed by atoms with Gasteiger partial charge in [0, 0.05) is 6.04 Å². The smallest absolute Gasteiger partial charge is 0.407 e. The first kappa shape index (κ1) is 14.6. The molecule has 1 amide bonds. The first-order valence-corrected chi connectivity index (χ1v) is 8.19. The summed E-state index contributed by atoms with van der Waals surface area (Å²) in [5.41, 5.74) is 0. The SMILES string of the molecule is O=C(NC1CCS(=O)(=O)C1)OCCOc1ccccc1. The minimum Gasteiger partial charge on any atom is -0.490 e.